The van der Waals surface area contributed by atoms with Crippen LogP contribution in [0.5, 0.6) is 0 Å². The van der Waals surface area contributed by atoms with E-state index in [4.69, 9.17) is 4.74 Å². The Hall–Kier alpha value is -0.0800. The molecular formula is C14H31NO. The Morgan fingerprint density at radius 1 is 0.812 bits per heavy atom. The van der Waals surface area contributed by atoms with Gasteiger partial charge in [-0.05, 0) is 60.9 Å². The normalized spacial score (nSPS) is 13.1. The van der Waals surface area contributed by atoms with Crippen LogP contribution in [-0.2, 0) is 4.74 Å². The first-order chi connectivity index (χ1) is 7.21. The van der Waals surface area contributed by atoms with Crippen molar-refractivity contribution in [1.82, 2.24) is 5.32 Å². The molecule has 0 aromatic rings. The summed E-state index contributed by atoms with van der Waals surface area (Å²) in [5.74, 6) is 0. The van der Waals surface area contributed by atoms with E-state index in [2.05, 4.69) is 46.9 Å². The molecule has 0 unspecified atom stereocenters. The lowest BCUT2D eigenvalue weighted by Crippen LogP contribution is -2.36. The molecule has 0 saturated heterocycles. The van der Waals surface area contributed by atoms with Gasteiger partial charge in [-0.25, -0.2) is 0 Å². The average Bonchev–Trinajstić information content (AvgIpc) is 2.06. The van der Waals surface area contributed by atoms with Crippen LogP contribution in [0.1, 0.15) is 67.2 Å². The van der Waals surface area contributed by atoms with Gasteiger partial charge >= 0.3 is 0 Å². The number of nitrogens with one attached hydrogen (secondary N) is 1. The van der Waals surface area contributed by atoms with E-state index in [1.54, 1.807) is 0 Å². The molecule has 0 aromatic carbocycles. The molecule has 2 nitrogen and oxygen atoms in total. The summed E-state index contributed by atoms with van der Waals surface area (Å²) in [7, 11) is 0. The molecule has 0 rings (SSSR count). The zero-order chi connectivity index (χ0) is 12.7. The first-order valence-electron chi connectivity index (χ1n) is 6.60. The second kappa shape index (κ2) is 7.29. The van der Waals surface area contributed by atoms with E-state index in [9.17, 15) is 0 Å². The molecule has 0 atom stereocenters. The molecule has 0 amide bonds. The highest BCUT2D eigenvalue weighted by molar-refractivity contribution is 4.69. The van der Waals surface area contributed by atoms with Crippen molar-refractivity contribution in [3.63, 3.8) is 0 Å². The van der Waals surface area contributed by atoms with Gasteiger partial charge in [-0.3, -0.25) is 0 Å². The van der Waals surface area contributed by atoms with Gasteiger partial charge in [-0.1, -0.05) is 12.8 Å². The highest BCUT2D eigenvalue weighted by Crippen LogP contribution is 2.09. The van der Waals surface area contributed by atoms with Crippen molar-refractivity contribution in [2.75, 3.05) is 13.2 Å². The number of hydrogen-bond donors (Lipinski definition) is 1. The molecule has 2 heteroatoms. The van der Waals surface area contributed by atoms with E-state index < -0.39 is 0 Å². The fourth-order valence-electron chi connectivity index (χ4n) is 1.42. The predicted octanol–water partition coefficient (Wildman–Crippen LogP) is 3.75. The largest absolute Gasteiger partial charge is 0.376 e. The molecule has 98 valence electrons. The van der Waals surface area contributed by atoms with Gasteiger partial charge in [0.2, 0.25) is 0 Å². The van der Waals surface area contributed by atoms with Crippen molar-refractivity contribution >= 4 is 0 Å². The van der Waals surface area contributed by atoms with Gasteiger partial charge in [0.1, 0.15) is 0 Å². The summed E-state index contributed by atoms with van der Waals surface area (Å²) in [4.78, 5) is 0. The maximum Gasteiger partial charge on any atom is 0.0598 e. The number of ether oxygens (including phenoxy) is 1. The standard InChI is InChI=1S/C14H31NO/c1-13(2,3)15-11-9-7-8-10-12-16-14(4,5)6/h15H,7-12H2,1-6H3. The molecule has 0 aromatic heterocycles. The average molecular weight is 229 g/mol. The zero-order valence-corrected chi connectivity index (χ0v) is 12.2. The summed E-state index contributed by atoms with van der Waals surface area (Å²) in [5.41, 5.74) is 0.281. The molecule has 0 heterocycles. The van der Waals surface area contributed by atoms with Crippen LogP contribution < -0.4 is 5.32 Å². The summed E-state index contributed by atoms with van der Waals surface area (Å²) in [6.07, 6.45) is 5.04. The third kappa shape index (κ3) is 13.9. The van der Waals surface area contributed by atoms with Crippen molar-refractivity contribution in [2.24, 2.45) is 0 Å². The highest BCUT2D eigenvalue weighted by Gasteiger charge is 2.09. The third-order valence-corrected chi connectivity index (χ3v) is 2.26. The molecule has 16 heavy (non-hydrogen) atoms. The Labute approximate surface area is 102 Å². The molecule has 0 bridgehead atoms. The van der Waals surface area contributed by atoms with Gasteiger partial charge in [-0.2, -0.15) is 0 Å². The van der Waals surface area contributed by atoms with Gasteiger partial charge < -0.3 is 10.1 Å². The summed E-state index contributed by atoms with van der Waals surface area (Å²) in [6.45, 7) is 15.0. The van der Waals surface area contributed by atoms with Crippen LogP contribution in [0.15, 0.2) is 0 Å². The van der Waals surface area contributed by atoms with Crippen molar-refractivity contribution in [3.8, 4) is 0 Å². The second-order valence-corrected chi connectivity index (χ2v) is 6.55. The van der Waals surface area contributed by atoms with Gasteiger partial charge in [-0.15, -0.1) is 0 Å². The number of hydrogen-bond acceptors (Lipinski definition) is 2. The Balaban J connectivity index is 3.17. The summed E-state index contributed by atoms with van der Waals surface area (Å²) < 4.78 is 5.67. The summed E-state index contributed by atoms with van der Waals surface area (Å²) in [5, 5.41) is 3.51. The fraction of sp³-hybridized carbons (Fsp3) is 1.00. The molecule has 1 N–H and O–H groups in total. The second-order valence-electron chi connectivity index (χ2n) is 6.55. The van der Waals surface area contributed by atoms with E-state index >= 15 is 0 Å². The smallest absolute Gasteiger partial charge is 0.0598 e. The quantitative estimate of drug-likeness (QED) is 0.671. The van der Waals surface area contributed by atoms with Crippen molar-refractivity contribution in [3.05, 3.63) is 0 Å². The molecule has 0 radical (unpaired) electrons. The number of unbranched alkanes of at least 4 members (excludes halogenated alkanes) is 3. The van der Waals surface area contributed by atoms with Gasteiger partial charge in [0, 0.05) is 12.1 Å². The minimum atomic E-state index is 0.0216. The lowest BCUT2D eigenvalue weighted by atomic mass is 10.1. The SMILES string of the molecule is CC(C)(C)NCCCCCCOC(C)(C)C. The summed E-state index contributed by atoms with van der Waals surface area (Å²) in [6, 6.07) is 0. The van der Waals surface area contributed by atoms with Crippen LogP contribution in [0.25, 0.3) is 0 Å². The maximum absolute atomic E-state index is 5.67. The monoisotopic (exact) mass is 229 g/mol. The van der Waals surface area contributed by atoms with Gasteiger partial charge in [0.05, 0.1) is 5.60 Å². The minimum absolute atomic E-state index is 0.0216. The van der Waals surface area contributed by atoms with Crippen LogP contribution >= 0.6 is 0 Å². The summed E-state index contributed by atoms with van der Waals surface area (Å²) >= 11 is 0. The third-order valence-electron chi connectivity index (χ3n) is 2.26. The molecule has 0 aliphatic rings. The van der Waals surface area contributed by atoms with Crippen LogP contribution in [0.2, 0.25) is 0 Å². The highest BCUT2D eigenvalue weighted by atomic mass is 16.5. The molecule has 0 aliphatic heterocycles. The minimum Gasteiger partial charge on any atom is -0.376 e. The van der Waals surface area contributed by atoms with Crippen LogP contribution in [-0.4, -0.2) is 24.3 Å². The van der Waals surface area contributed by atoms with E-state index in [1.807, 2.05) is 0 Å². The Bertz CT molecular complexity index is 145. The van der Waals surface area contributed by atoms with Gasteiger partial charge in [0.15, 0.2) is 0 Å². The first kappa shape index (κ1) is 15.9. The molecule has 0 aliphatic carbocycles. The first-order valence-corrected chi connectivity index (χ1v) is 6.60. The van der Waals surface area contributed by atoms with Crippen LogP contribution in [0, 0.1) is 0 Å². The Morgan fingerprint density at radius 2 is 1.38 bits per heavy atom. The van der Waals surface area contributed by atoms with Crippen molar-refractivity contribution in [1.29, 1.82) is 0 Å². The molecule has 0 saturated carbocycles. The van der Waals surface area contributed by atoms with E-state index in [0.717, 1.165) is 13.2 Å². The van der Waals surface area contributed by atoms with E-state index in [-0.39, 0.29) is 11.1 Å². The Kier molecular flexibility index (Phi) is 7.25. The van der Waals surface area contributed by atoms with Crippen molar-refractivity contribution in [2.45, 2.75) is 78.4 Å². The van der Waals surface area contributed by atoms with Crippen molar-refractivity contribution < 1.29 is 4.74 Å². The van der Waals surface area contributed by atoms with Crippen LogP contribution in [0.3, 0.4) is 0 Å². The van der Waals surface area contributed by atoms with E-state index in [1.165, 1.54) is 25.7 Å². The lowest BCUT2D eigenvalue weighted by molar-refractivity contribution is -0.00474. The van der Waals surface area contributed by atoms with Crippen LogP contribution in [0.4, 0.5) is 0 Å². The zero-order valence-electron chi connectivity index (χ0n) is 12.2. The Morgan fingerprint density at radius 3 is 1.88 bits per heavy atom. The fourth-order valence-corrected chi connectivity index (χ4v) is 1.42. The lowest BCUT2D eigenvalue weighted by Gasteiger charge is -2.20. The van der Waals surface area contributed by atoms with E-state index in [0.29, 0.717) is 0 Å². The maximum atomic E-state index is 5.67. The predicted molar refractivity (Wildman–Crippen MR) is 71.9 cm³/mol. The molecule has 0 spiro atoms. The molecular weight excluding hydrogens is 198 g/mol. The number of rotatable bonds is 7. The topological polar surface area (TPSA) is 21.3 Å². The molecule has 0 fully saturated rings. The van der Waals surface area contributed by atoms with Gasteiger partial charge in [0.25, 0.3) is 0 Å².